The summed E-state index contributed by atoms with van der Waals surface area (Å²) in [5, 5.41) is 3.10. The van der Waals surface area contributed by atoms with Crippen molar-refractivity contribution in [3.05, 3.63) is 0 Å². The summed E-state index contributed by atoms with van der Waals surface area (Å²) in [4.78, 5) is 12.0. The van der Waals surface area contributed by atoms with Crippen molar-refractivity contribution in [1.82, 2.24) is 5.32 Å². The summed E-state index contributed by atoms with van der Waals surface area (Å²) in [6.07, 6.45) is 9.17. The Kier molecular flexibility index (Phi) is 7.06. The van der Waals surface area contributed by atoms with Crippen LogP contribution in [0.1, 0.15) is 65.2 Å². The number of alkyl halides is 1. The van der Waals surface area contributed by atoms with Crippen LogP contribution in [0.4, 0.5) is 0 Å². The predicted molar refractivity (Wildman–Crippen MR) is 77.9 cm³/mol. The Morgan fingerprint density at radius 1 is 1.22 bits per heavy atom. The van der Waals surface area contributed by atoms with E-state index in [9.17, 15) is 4.79 Å². The van der Waals surface area contributed by atoms with Crippen molar-refractivity contribution in [2.75, 3.05) is 12.4 Å². The third-order valence-electron chi connectivity index (χ3n) is 4.64. The molecule has 0 bridgehead atoms. The molecule has 0 aromatic heterocycles. The lowest BCUT2D eigenvalue weighted by molar-refractivity contribution is -0.122. The molecule has 0 atom stereocenters. The molecule has 1 rings (SSSR count). The van der Waals surface area contributed by atoms with Crippen molar-refractivity contribution in [2.24, 2.45) is 11.3 Å². The number of amides is 1. The first kappa shape index (κ1) is 15.8. The van der Waals surface area contributed by atoms with Crippen LogP contribution in [0, 0.1) is 11.3 Å². The molecule has 0 heterocycles. The number of hydrogen-bond donors (Lipinski definition) is 1. The second kappa shape index (κ2) is 8.04. The summed E-state index contributed by atoms with van der Waals surface area (Å²) < 4.78 is 0. The SMILES string of the molecule is CCC(CC)(CCl)CNC(=O)CC1CCCCC1. The average Bonchev–Trinajstić information content (AvgIpc) is 2.42. The zero-order valence-corrected chi connectivity index (χ0v) is 12.7. The summed E-state index contributed by atoms with van der Waals surface area (Å²) in [5.41, 5.74) is 0.0871. The Balaban J connectivity index is 2.30. The fourth-order valence-electron chi connectivity index (χ4n) is 2.75. The summed E-state index contributed by atoms with van der Waals surface area (Å²) in [6, 6.07) is 0. The molecule has 106 valence electrons. The van der Waals surface area contributed by atoms with E-state index in [1.165, 1.54) is 32.1 Å². The molecule has 0 aromatic rings. The van der Waals surface area contributed by atoms with Gasteiger partial charge in [-0.15, -0.1) is 11.6 Å². The number of nitrogens with one attached hydrogen (secondary N) is 1. The van der Waals surface area contributed by atoms with Gasteiger partial charge in [-0.25, -0.2) is 0 Å². The molecule has 1 saturated carbocycles. The number of carbonyl (C=O) groups excluding carboxylic acids is 1. The number of hydrogen-bond acceptors (Lipinski definition) is 1. The Hall–Kier alpha value is -0.240. The van der Waals surface area contributed by atoms with Gasteiger partial charge in [0.25, 0.3) is 0 Å². The van der Waals surface area contributed by atoms with Crippen LogP contribution in [-0.2, 0) is 4.79 Å². The van der Waals surface area contributed by atoms with Crippen LogP contribution < -0.4 is 5.32 Å². The highest BCUT2D eigenvalue weighted by Gasteiger charge is 2.26. The summed E-state index contributed by atoms with van der Waals surface area (Å²) in [6.45, 7) is 5.04. The largest absolute Gasteiger partial charge is 0.355 e. The molecule has 1 N–H and O–H groups in total. The lowest BCUT2D eigenvalue weighted by atomic mass is 9.84. The number of halogens is 1. The smallest absolute Gasteiger partial charge is 0.220 e. The van der Waals surface area contributed by atoms with Gasteiger partial charge in [0.15, 0.2) is 0 Å². The summed E-state index contributed by atoms with van der Waals surface area (Å²) in [5.74, 6) is 1.47. The van der Waals surface area contributed by atoms with Crippen molar-refractivity contribution in [3.63, 3.8) is 0 Å². The molecule has 1 fully saturated rings. The van der Waals surface area contributed by atoms with Crippen LogP contribution in [0.2, 0.25) is 0 Å². The maximum atomic E-state index is 12.0. The highest BCUT2D eigenvalue weighted by molar-refractivity contribution is 6.18. The van der Waals surface area contributed by atoms with Crippen LogP contribution in [0.3, 0.4) is 0 Å². The normalized spacial score (nSPS) is 17.7. The standard InChI is InChI=1S/C15H28ClNO/c1-3-15(4-2,11-16)12-17-14(18)10-13-8-6-5-7-9-13/h13H,3-12H2,1-2H3,(H,17,18). The topological polar surface area (TPSA) is 29.1 Å². The molecule has 3 heteroatoms. The Labute approximate surface area is 117 Å². The van der Waals surface area contributed by atoms with Gasteiger partial charge in [0, 0.05) is 24.3 Å². The van der Waals surface area contributed by atoms with E-state index >= 15 is 0 Å². The van der Waals surface area contributed by atoms with Gasteiger partial charge in [0.1, 0.15) is 0 Å². The van der Waals surface area contributed by atoms with Gasteiger partial charge < -0.3 is 5.32 Å². The van der Waals surface area contributed by atoms with Crippen LogP contribution in [0.15, 0.2) is 0 Å². The minimum absolute atomic E-state index is 0.0871. The molecule has 0 saturated heterocycles. The second-order valence-electron chi connectivity index (χ2n) is 5.83. The number of rotatable bonds is 7. The van der Waals surface area contributed by atoms with Gasteiger partial charge in [-0.3, -0.25) is 4.79 Å². The van der Waals surface area contributed by atoms with Gasteiger partial charge in [0.2, 0.25) is 5.91 Å². The molecular formula is C15H28ClNO. The predicted octanol–water partition coefficient (Wildman–Crippen LogP) is 4.12. The zero-order valence-electron chi connectivity index (χ0n) is 11.9. The molecule has 1 aliphatic rings. The summed E-state index contributed by atoms with van der Waals surface area (Å²) >= 11 is 6.05. The lowest BCUT2D eigenvalue weighted by Crippen LogP contribution is -2.38. The molecule has 0 aromatic carbocycles. The Morgan fingerprint density at radius 2 is 1.83 bits per heavy atom. The van der Waals surface area contributed by atoms with Crippen molar-refractivity contribution in [1.29, 1.82) is 0 Å². The van der Waals surface area contributed by atoms with Gasteiger partial charge >= 0.3 is 0 Å². The van der Waals surface area contributed by atoms with E-state index in [4.69, 9.17) is 11.6 Å². The Morgan fingerprint density at radius 3 is 2.33 bits per heavy atom. The zero-order chi connectivity index (χ0) is 13.4. The molecule has 1 amide bonds. The molecule has 0 unspecified atom stereocenters. The monoisotopic (exact) mass is 273 g/mol. The van der Waals surface area contributed by atoms with Gasteiger partial charge in [0.05, 0.1) is 0 Å². The van der Waals surface area contributed by atoms with Crippen molar-refractivity contribution >= 4 is 17.5 Å². The van der Waals surface area contributed by atoms with Crippen LogP contribution in [0.5, 0.6) is 0 Å². The van der Waals surface area contributed by atoms with Gasteiger partial charge in [-0.05, 0) is 31.6 Å². The van der Waals surface area contributed by atoms with E-state index in [0.717, 1.165) is 19.4 Å². The van der Waals surface area contributed by atoms with E-state index in [0.29, 0.717) is 18.2 Å². The van der Waals surface area contributed by atoms with Crippen molar-refractivity contribution in [2.45, 2.75) is 65.2 Å². The van der Waals surface area contributed by atoms with Crippen LogP contribution >= 0.6 is 11.6 Å². The second-order valence-corrected chi connectivity index (χ2v) is 6.09. The minimum atomic E-state index is 0.0871. The first-order valence-corrected chi connectivity index (χ1v) is 8.02. The lowest BCUT2D eigenvalue weighted by Gasteiger charge is -2.30. The molecule has 0 radical (unpaired) electrons. The number of carbonyl (C=O) groups is 1. The summed E-state index contributed by atoms with van der Waals surface area (Å²) in [7, 11) is 0. The molecular weight excluding hydrogens is 246 g/mol. The third kappa shape index (κ3) is 4.79. The highest BCUT2D eigenvalue weighted by Crippen LogP contribution is 2.28. The fraction of sp³-hybridized carbons (Fsp3) is 0.933. The molecule has 0 spiro atoms. The third-order valence-corrected chi connectivity index (χ3v) is 5.21. The van der Waals surface area contributed by atoms with E-state index in [2.05, 4.69) is 19.2 Å². The molecule has 1 aliphatic carbocycles. The first-order chi connectivity index (χ1) is 8.65. The molecule has 0 aliphatic heterocycles. The van der Waals surface area contributed by atoms with E-state index in [1.807, 2.05) is 0 Å². The Bertz CT molecular complexity index is 237. The molecule has 2 nitrogen and oxygen atoms in total. The van der Waals surface area contributed by atoms with E-state index < -0.39 is 0 Å². The minimum Gasteiger partial charge on any atom is -0.355 e. The van der Waals surface area contributed by atoms with Gasteiger partial charge in [-0.1, -0.05) is 33.1 Å². The van der Waals surface area contributed by atoms with Gasteiger partial charge in [-0.2, -0.15) is 0 Å². The first-order valence-electron chi connectivity index (χ1n) is 7.48. The maximum absolute atomic E-state index is 12.0. The van der Waals surface area contributed by atoms with E-state index in [-0.39, 0.29) is 11.3 Å². The maximum Gasteiger partial charge on any atom is 0.220 e. The van der Waals surface area contributed by atoms with Crippen molar-refractivity contribution < 1.29 is 4.79 Å². The fourth-order valence-corrected chi connectivity index (χ4v) is 3.22. The average molecular weight is 274 g/mol. The van der Waals surface area contributed by atoms with Crippen molar-refractivity contribution in [3.8, 4) is 0 Å². The van der Waals surface area contributed by atoms with Crippen LogP contribution in [0.25, 0.3) is 0 Å². The van der Waals surface area contributed by atoms with Crippen LogP contribution in [-0.4, -0.2) is 18.3 Å². The molecule has 18 heavy (non-hydrogen) atoms. The quantitative estimate of drug-likeness (QED) is 0.695. The van der Waals surface area contributed by atoms with E-state index in [1.54, 1.807) is 0 Å². The highest BCUT2D eigenvalue weighted by atomic mass is 35.5.